The van der Waals surface area contributed by atoms with Gasteiger partial charge >= 0.3 is 13.9 Å². The van der Waals surface area contributed by atoms with Gasteiger partial charge in [-0.15, -0.1) is 0 Å². The van der Waals surface area contributed by atoms with Crippen LogP contribution in [0.3, 0.4) is 0 Å². The van der Waals surface area contributed by atoms with Crippen LogP contribution in [-0.2, 0) is 18.6 Å². The Labute approximate surface area is 152 Å². The van der Waals surface area contributed by atoms with Gasteiger partial charge in [0.2, 0.25) is 5.67 Å². The van der Waals surface area contributed by atoms with Crippen LogP contribution in [0.4, 0.5) is 9.18 Å². The van der Waals surface area contributed by atoms with Crippen molar-refractivity contribution in [2.45, 2.75) is 37.4 Å². The smallest absolute Gasteiger partial charge is 0.390 e. The zero-order valence-corrected chi connectivity index (χ0v) is 15.0. The van der Waals surface area contributed by atoms with Crippen molar-refractivity contribution in [3.63, 3.8) is 0 Å². The molecule has 2 aliphatic heterocycles. The standard InChI is InChI=1S/C13H18FN4O8P/c1-13(14)6-18(12(21)16-11(13)20)10-4-8(19)9(25-10)5-24-27(22,23)26-17-3-2-15-7-17/h2-3,7-10,19H,4-6H2,1H3,(H,22,23)(H,16,20,21)/t8-,9+,10+,13?/m0/s1. The van der Waals surface area contributed by atoms with E-state index in [4.69, 9.17) is 9.26 Å². The van der Waals surface area contributed by atoms with Gasteiger partial charge in [-0.25, -0.2) is 18.7 Å². The van der Waals surface area contributed by atoms with Gasteiger partial charge in [-0.3, -0.25) is 24.4 Å². The van der Waals surface area contributed by atoms with Crippen molar-refractivity contribution in [3.8, 4) is 0 Å². The number of urea groups is 1. The lowest BCUT2D eigenvalue weighted by molar-refractivity contribution is -0.138. The Balaban J connectivity index is 1.57. The molecule has 3 heterocycles. The SMILES string of the molecule is CC1(F)CN([C@H]2C[C@H](O)[C@@H](COP(=O)(O)On3ccnc3)O2)C(=O)NC1=O. The van der Waals surface area contributed by atoms with Gasteiger partial charge in [-0.1, -0.05) is 0 Å². The summed E-state index contributed by atoms with van der Waals surface area (Å²) in [4.78, 5) is 37.6. The number of aliphatic hydroxyl groups excluding tert-OH is 1. The van der Waals surface area contributed by atoms with Crippen LogP contribution in [0.25, 0.3) is 0 Å². The minimum absolute atomic E-state index is 0.0934. The molecule has 2 unspecified atom stereocenters. The van der Waals surface area contributed by atoms with Crippen LogP contribution in [0.2, 0.25) is 0 Å². The molecule has 14 heteroatoms. The highest BCUT2D eigenvalue weighted by Gasteiger charge is 2.48. The summed E-state index contributed by atoms with van der Waals surface area (Å²) in [7, 11) is -4.52. The van der Waals surface area contributed by atoms with Crippen LogP contribution in [0, 0.1) is 0 Å². The molecule has 0 aliphatic carbocycles. The molecule has 150 valence electrons. The number of ether oxygens (including phenoxy) is 1. The number of imidazole rings is 1. The number of hydrogen-bond donors (Lipinski definition) is 3. The fourth-order valence-corrected chi connectivity index (χ4v) is 3.38. The molecule has 1 aromatic rings. The van der Waals surface area contributed by atoms with E-state index in [2.05, 4.69) is 9.61 Å². The molecule has 1 aromatic heterocycles. The number of rotatable bonds is 6. The normalized spacial score (nSPS) is 33.6. The van der Waals surface area contributed by atoms with Crippen molar-refractivity contribution in [3.05, 3.63) is 18.7 Å². The molecule has 0 saturated carbocycles. The number of aromatic nitrogens is 2. The number of carbonyl (C=O) groups is 2. The molecule has 2 fully saturated rings. The predicted molar refractivity (Wildman–Crippen MR) is 83.6 cm³/mol. The number of imide groups is 1. The van der Waals surface area contributed by atoms with Crippen LogP contribution in [-0.4, -0.2) is 73.8 Å². The zero-order chi connectivity index (χ0) is 19.8. The number of phosphoric ester groups is 1. The van der Waals surface area contributed by atoms with Crippen molar-refractivity contribution < 1.29 is 42.4 Å². The van der Waals surface area contributed by atoms with E-state index in [-0.39, 0.29) is 6.42 Å². The summed E-state index contributed by atoms with van der Waals surface area (Å²) in [6.45, 7) is -0.0600. The number of carbonyl (C=O) groups excluding carboxylic acids is 2. The first-order chi connectivity index (χ1) is 12.6. The Morgan fingerprint density at radius 2 is 2.30 bits per heavy atom. The number of hydrogen-bond acceptors (Lipinski definition) is 8. The molecule has 3 N–H and O–H groups in total. The second kappa shape index (κ2) is 7.17. The summed E-state index contributed by atoms with van der Waals surface area (Å²) in [5.41, 5.74) is -2.31. The number of aliphatic hydroxyl groups is 1. The molecule has 3 rings (SSSR count). The average Bonchev–Trinajstić information content (AvgIpc) is 3.18. The van der Waals surface area contributed by atoms with Gasteiger partial charge in [-0.2, -0.15) is 4.73 Å². The number of halogens is 1. The highest BCUT2D eigenvalue weighted by Crippen LogP contribution is 2.40. The zero-order valence-electron chi connectivity index (χ0n) is 14.1. The monoisotopic (exact) mass is 408 g/mol. The second-order valence-corrected chi connectivity index (χ2v) is 7.64. The molecule has 27 heavy (non-hydrogen) atoms. The maximum atomic E-state index is 14.2. The van der Waals surface area contributed by atoms with Crippen molar-refractivity contribution in [2.24, 2.45) is 0 Å². The Kier molecular flexibility index (Phi) is 5.23. The number of nitrogens with one attached hydrogen (secondary N) is 1. The first kappa shape index (κ1) is 19.7. The molecular weight excluding hydrogens is 390 g/mol. The lowest BCUT2D eigenvalue weighted by atomic mass is 10.0. The minimum atomic E-state index is -4.52. The fraction of sp³-hybridized carbons (Fsp3) is 0.615. The molecule has 0 bridgehead atoms. The van der Waals surface area contributed by atoms with Crippen LogP contribution < -0.4 is 9.94 Å². The molecule has 2 saturated heterocycles. The summed E-state index contributed by atoms with van der Waals surface area (Å²) in [5, 5.41) is 11.9. The highest BCUT2D eigenvalue weighted by molar-refractivity contribution is 7.47. The lowest BCUT2D eigenvalue weighted by Gasteiger charge is -2.37. The number of amides is 3. The van der Waals surface area contributed by atoms with Gasteiger partial charge in [0.05, 0.1) is 25.5 Å². The van der Waals surface area contributed by atoms with Crippen molar-refractivity contribution >= 4 is 19.8 Å². The Morgan fingerprint density at radius 3 is 2.96 bits per heavy atom. The molecular formula is C13H18FN4O8P. The maximum Gasteiger partial charge on any atom is 0.546 e. The van der Waals surface area contributed by atoms with E-state index in [0.717, 1.165) is 22.9 Å². The third-order valence-corrected chi connectivity index (χ3v) is 4.92. The Bertz CT molecular complexity index is 760. The van der Waals surface area contributed by atoms with Crippen molar-refractivity contribution in [1.82, 2.24) is 19.9 Å². The minimum Gasteiger partial charge on any atom is -0.390 e. The van der Waals surface area contributed by atoms with E-state index in [0.29, 0.717) is 0 Å². The lowest BCUT2D eigenvalue weighted by Crippen LogP contribution is -2.63. The summed E-state index contributed by atoms with van der Waals surface area (Å²) < 4.78 is 41.8. The maximum absolute atomic E-state index is 14.2. The summed E-state index contributed by atoms with van der Waals surface area (Å²) in [5.74, 6) is -1.06. The highest BCUT2D eigenvalue weighted by atomic mass is 31.2. The van der Waals surface area contributed by atoms with Gasteiger partial charge in [0.1, 0.15) is 18.7 Å². The molecule has 5 atom stereocenters. The van der Waals surface area contributed by atoms with Crippen LogP contribution in [0.1, 0.15) is 13.3 Å². The quantitative estimate of drug-likeness (QED) is 0.513. The predicted octanol–water partition coefficient (Wildman–Crippen LogP) is -0.815. The van der Waals surface area contributed by atoms with Crippen LogP contribution in [0.5, 0.6) is 0 Å². The van der Waals surface area contributed by atoms with Gasteiger partial charge in [0, 0.05) is 12.6 Å². The Hall–Kier alpha value is -2.05. The molecule has 3 amide bonds. The Morgan fingerprint density at radius 1 is 1.56 bits per heavy atom. The molecule has 0 aromatic carbocycles. The second-order valence-electron chi connectivity index (χ2n) is 6.29. The summed E-state index contributed by atoms with van der Waals surface area (Å²) in [6, 6.07) is -0.856. The number of nitrogens with zero attached hydrogens (tertiary/aromatic N) is 3. The molecule has 0 spiro atoms. The van der Waals surface area contributed by atoms with Gasteiger partial charge < -0.3 is 14.5 Å². The average molecular weight is 408 g/mol. The largest absolute Gasteiger partial charge is 0.546 e. The molecule has 0 radical (unpaired) electrons. The van der Waals surface area contributed by atoms with E-state index in [1.54, 1.807) is 0 Å². The first-order valence-corrected chi connectivity index (χ1v) is 9.37. The van der Waals surface area contributed by atoms with Gasteiger partial charge in [0.15, 0.2) is 0 Å². The van der Waals surface area contributed by atoms with Crippen molar-refractivity contribution in [2.75, 3.05) is 13.2 Å². The van der Waals surface area contributed by atoms with Gasteiger partial charge in [0.25, 0.3) is 5.91 Å². The fourth-order valence-electron chi connectivity index (χ4n) is 2.66. The van der Waals surface area contributed by atoms with E-state index in [1.165, 1.54) is 12.4 Å². The van der Waals surface area contributed by atoms with E-state index in [1.807, 2.05) is 5.32 Å². The van der Waals surface area contributed by atoms with E-state index >= 15 is 0 Å². The summed E-state index contributed by atoms with van der Waals surface area (Å²) in [6.07, 6.45) is 0.369. The van der Waals surface area contributed by atoms with Crippen LogP contribution >= 0.6 is 7.82 Å². The third-order valence-electron chi connectivity index (χ3n) is 4.05. The van der Waals surface area contributed by atoms with Crippen molar-refractivity contribution in [1.29, 1.82) is 0 Å². The van der Waals surface area contributed by atoms with E-state index in [9.17, 15) is 28.5 Å². The third kappa shape index (κ3) is 4.45. The molecule has 12 nitrogen and oxygen atoms in total. The van der Waals surface area contributed by atoms with Crippen LogP contribution in [0.15, 0.2) is 18.7 Å². The number of alkyl halides is 1. The first-order valence-electron chi connectivity index (χ1n) is 7.87. The van der Waals surface area contributed by atoms with E-state index < -0.39 is 57.0 Å². The molecule has 2 aliphatic rings. The number of phosphoric acid groups is 1. The van der Waals surface area contributed by atoms with Gasteiger partial charge in [-0.05, 0) is 6.92 Å². The summed E-state index contributed by atoms with van der Waals surface area (Å²) >= 11 is 0. The topological polar surface area (TPSA) is 152 Å².